The van der Waals surface area contributed by atoms with Gasteiger partial charge in [0.05, 0.1) is 0 Å². The zero-order valence-corrected chi connectivity index (χ0v) is 8.76. The molecule has 0 aliphatic carbocycles. The summed E-state index contributed by atoms with van der Waals surface area (Å²) in [5, 5.41) is 12.0. The first kappa shape index (κ1) is 10.5. The molecule has 0 atom stereocenters. The molecule has 0 aliphatic rings. The molecule has 0 radical (unpaired) electrons. The lowest BCUT2D eigenvalue weighted by atomic mass is 10.3. The van der Waals surface area contributed by atoms with Crippen molar-refractivity contribution in [2.24, 2.45) is 5.73 Å². The number of carbonyl (C=O) groups is 1. The van der Waals surface area contributed by atoms with Gasteiger partial charge in [-0.15, -0.1) is 0 Å². The van der Waals surface area contributed by atoms with Crippen molar-refractivity contribution in [3.63, 3.8) is 0 Å². The number of primary amides is 1. The number of rotatable bonds is 1. The molecule has 1 aromatic rings. The number of guanidine groups is 1. The van der Waals surface area contributed by atoms with Crippen LogP contribution in [0, 0.1) is 5.41 Å². The molecule has 6 heteroatoms. The van der Waals surface area contributed by atoms with Crippen molar-refractivity contribution in [3.8, 4) is 0 Å². The van der Waals surface area contributed by atoms with Crippen molar-refractivity contribution in [3.05, 3.63) is 28.7 Å². The van der Waals surface area contributed by atoms with Crippen LogP contribution in [0.15, 0.2) is 28.7 Å². The second-order valence-electron chi connectivity index (χ2n) is 2.50. The topological polar surface area (TPSA) is 91.0 Å². The molecule has 0 saturated heterocycles. The van der Waals surface area contributed by atoms with Crippen molar-refractivity contribution < 1.29 is 4.79 Å². The van der Waals surface area contributed by atoms with E-state index in [0.29, 0.717) is 5.69 Å². The molecular formula is C8H9BrN4O. The number of benzene rings is 1. The summed E-state index contributed by atoms with van der Waals surface area (Å²) < 4.78 is 0.942. The number of hydrogen-bond donors (Lipinski definition) is 4. The van der Waals surface area contributed by atoms with Crippen LogP contribution in [0.5, 0.6) is 0 Å². The third-order valence-electron chi connectivity index (χ3n) is 1.36. The number of nitrogens with two attached hydrogens (primary N) is 1. The standard InChI is InChI=1S/C8H9BrN4O/c9-5-1-3-6(4-2-5)12-7(10)13-8(11)14/h1-4H,(H5,10,11,12,13,14). The van der Waals surface area contributed by atoms with Crippen LogP contribution in [0.25, 0.3) is 0 Å². The summed E-state index contributed by atoms with van der Waals surface area (Å²) in [4.78, 5) is 10.4. The van der Waals surface area contributed by atoms with Crippen LogP contribution in [0.2, 0.25) is 0 Å². The number of hydrogen-bond acceptors (Lipinski definition) is 2. The molecule has 0 bridgehead atoms. The maximum Gasteiger partial charge on any atom is 0.318 e. The van der Waals surface area contributed by atoms with Crippen molar-refractivity contribution in [1.82, 2.24) is 5.32 Å². The molecule has 0 saturated carbocycles. The first-order chi connectivity index (χ1) is 6.58. The SMILES string of the molecule is N=C(NC(N)=O)Nc1ccc(Br)cc1. The number of urea groups is 1. The molecule has 0 fully saturated rings. The van der Waals surface area contributed by atoms with Gasteiger partial charge in [-0.05, 0) is 24.3 Å². The third-order valence-corrected chi connectivity index (χ3v) is 1.89. The Morgan fingerprint density at radius 2 is 1.93 bits per heavy atom. The normalized spacial score (nSPS) is 9.21. The van der Waals surface area contributed by atoms with Gasteiger partial charge in [0, 0.05) is 10.2 Å². The van der Waals surface area contributed by atoms with Gasteiger partial charge in [0.15, 0.2) is 0 Å². The molecule has 0 unspecified atom stereocenters. The van der Waals surface area contributed by atoms with E-state index in [9.17, 15) is 4.79 Å². The molecule has 1 aromatic carbocycles. The summed E-state index contributed by atoms with van der Waals surface area (Å²) in [5.74, 6) is -0.153. The van der Waals surface area contributed by atoms with Gasteiger partial charge < -0.3 is 11.1 Å². The zero-order chi connectivity index (χ0) is 10.6. The molecule has 0 spiro atoms. The van der Waals surface area contributed by atoms with Gasteiger partial charge in [-0.1, -0.05) is 15.9 Å². The monoisotopic (exact) mass is 256 g/mol. The fourth-order valence-electron chi connectivity index (χ4n) is 0.832. The number of anilines is 1. The van der Waals surface area contributed by atoms with E-state index in [-0.39, 0.29) is 5.96 Å². The molecule has 14 heavy (non-hydrogen) atoms. The Hall–Kier alpha value is -1.56. The quantitative estimate of drug-likeness (QED) is 0.453. The number of nitrogens with one attached hydrogen (secondary N) is 3. The largest absolute Gasteiger partial charge is 0.351 e. The smallest absolute Gasteiger partial charge is 0.318 e. The van der Waals surface area contributed by atoms with Crippen molar-refractivity contribution in [1.29, 1.82) is 5.41 Å². The van der Waals surface area contributed by atoms with E-state index in [1.165, 1.54) is 0 Å². The van der Waals surface area contributed by atoms with Crippen LogP contribution < -0.4 is 16.4 Å². The lowest BCUT2D eigenvalue weighted by molar-refractivity contribution is 0.253. The van der Waals surface area contributed by atoms with Crippen molar-refractivity contribution >= 4 is 33.6 Å². The highest BCUT2D eigenvalue weighted by Gasteiger charge is 1.99. The Bertz CT molecular complexity index is 349. The van der Waals surface area contributed by atoms with Gasteiger partial charge in [-0.2, -0.15) is 0 Å². The summed E-state index contributed by atoms with van der Waals surface area (Å²) in [6.45, 7) is 0. The van der Waals surface area contributed by atoms with Crippen LogP contribution in [0.1, 0.15) is 0 Å². The average Bonchev–Trinajstić information content (AvgIpc) is 2.07. The van der Waals surface area contributed by atoms with Crippen LogP contribution in [0.4, 0.5) is 10.5 Å². The predicted molar refractivity (Wildman–Crippen MR) is 58.2 cm³/mol. The second-order valence-corrected chi connectivity index (χ2v) is 3.41. The minimum absolute atomic E-state index is 0.153. The Morgan fingerprint density at radius 1 is 1.36 bits per heavy atom. The Labute approximate surface area is 89.3 Å². The van der Waals surface area contributed by atoms with E-state index >= 15 is 0 Å². The molecule has 5 N–H and O–H groups in total. The van der Waals surface area contributed by atoms with E-state index in [0.717, 1.165) is 4.47 Å². The maximum atomic E-state index is 10.4. The molecule has 0 aliphatic heterocycles. The average molecular weight is 257 g/mol. The Kier molecular flexibility index (Phi) is 3.47. The highest BCUT2D eigenvalue weighted by molar-refractivity contribution is 9.10. The summed E-state index contributed by atoms with van der Waals surface area (Å²) in [5.41, 5.74) is 5.53. The highest BCUT2D eigenvalue weighted by atomic mass is 79.9. The number of halogens is 1. The molecule has 5 nitrogen and oxygen atoms in total. The van der Waals surface area contributed by atoms with E-state index in [1.807, 2.05) is 12.1 Å². The van der Waals surface area contributed by atoms with Gasteiger partial charge in [0.2, 0.25) is 5.96 Å². The molecule has 0 heterocycles. The molecule has 1 rings (SSSR count). The van der Waals surface area contributed by atoms with Gasteiger partial charge in [0.1, 0.15) is 0 Å². The van der Waals surface area contributed by atoms with Crippen LogP contribution in [0.3, 0.4) is 0 Å². The zero-order valence-electron chi connectivity index (χ0n) is 7.17. The first-order valence-corrected chi connectivity index (χ1v) is 4.55. The minimum Gasteiger partial charge on any atom is -0.351 e. The van der Waals surface area contributed by atoms with E-state index < -0.39 is 6.03 Å². The van der Waals surface area contributed by atoms with E-state index in [4.69, 9.17) is 11.1 Å². The molecule has 2 amide bonds. The lowest BCUT2D eigenvalue weighted by Crippen LogP contribution is -2.38. The lowest BCUT2D eigenvalue weighted by Gasteiger charge is -2.06. The first-order valence-electron chi connectivity index (χ1n) is 3.75. The molecular weight excluding hydrogens is 248 g/mol. The van der Waals surface area contributed by atoms with Gasteiger partial charge in [0.25, 0.3) is 0 Å². The van der Waals surface area contributed by atoms with Crippen molar-refractivity contribution in [2.45, 2.75) is 0 Å². The van der Waals surface area contributed by atoms with Crippen LogP contribution >= 0.6 is 15.9 Å². The minimum atomic E-state index is -0.764. The number of amides is 2. The van der Waals surface area contributed by atoms with Crippen molar-refractivity contribution in [2.75, 3.05) is 5.32 Å². The van der Waals surface area contributed by atoms with E-state index in [2.05, 4.69) is 26.6 Å². The van der Waals surface area contributed by atoms with E-state index in [1.54, 1.807) is 12.1 Å². The fraction of sp³-hybridized carbons (Fsp3) is 0. The van der Waals surface area contributed by atoms with Gasteiger partial charge >= 0.3 is 6.03 Å². The van der Waals surface area contributed by atoms with Gasteiger partial charge in [-0.25, -0.2) is 4.79 Å². The van der Waals surface area contributed by atoms with Crippen LogP contribution in [-0.4, -0.2) is 12.0 Å². The second kappa shape index (κ2) is 4.61. The number of carbonyl (C=O) groups excluding carboxylic acids is 1. The van der Waals surface area contributed by atoms with Crippen LogP contribution in [-0.2, 0) is 0 Å². The summed E-state index contributed by atoms with van der Waals surface area (Å²) >= 11 is 3.28. The fourth-order valence-corrected chi connectivity index (χ4v) is 1.10. The Balaban J connectivity index is 2.56. The highest BCUT2D eigenvalue weighted by Crippen LogP contribution is 2.13. The summed E-state index contributed by atoms with van der Waals surface area (Å²) in [6.07, 6.45) is 0. The predicted octanol–water partition coefficient (Wildman–Crippen LogP) is 1.46. The maximum absolute atomic E-state index is 10.4. The molecule has 0 aromatic heterocycles. The Morgan fingerprint density at radius 3 is 2.43 bits per heavy atom. The third kappa shape index (κ3) is 3.44. The van der Waals surface area contributed by atoms with Gasteiger partial charge in [-0.3, -0.25) is 10.7 Å². The summed E-state index contributed by atoms with van der Waals surface area (Å²) in [7, 11) is 0. The molecule has 74 valence electrons. The summed E-state index contributed by atoms with van der Waals surface area (Å²) in [6, 6.07) is 6.40.